The monoisotopic (exact) mass is 431 g/mol. The van der Waals surface area contributed by atoms with Crippen molar-refractivity contribution in [3.8, 4) is 17.6 Å². The standard InChI is InChI=1S/C17H16B4F3NO4S/c18-16(26)14-11(6-15(16,23)24)12(1-2-13(14)30(27,28)17(19,20)21)29-10-4-8(7-25)3-9(22)5-10/h1-5,26H,6,18-21H2/t16-/m0/s1. The molecule has 0 aliphatic heterocycles. The Bertz CT molecular complexity index is 1190. The van der Waals surface area contributed by atoms with Crippen LogP contribution in [0.25, 0.3) is 0 Å². The summed E-state index contributed by atoms with van der Waals surface area (Å²) in [5.74, 6) is -4.68. The molecule has 0 fully saturated rings. The summed E-state index contributed by atoms with van der Waals surface area (Å²) in [6.07, 6.45) is -0.960. The minimum absolute atomic E-state index is 0.0362. The summed E-state index contributed by atoms with van der Waals surface area (Å²) >= 11 is 0. The predicted octanol–water partition coefficient (Wildman–Crippen LogP) is -1.26. The SMILES string of the molecule is BC(B)(B)S(=O)(=O)c1ccc(Oc2cc(F)cc(C#N)c2)c2c1[C@](B)(O)C(F)(F)C2. The Balaban J connectivity index is 2.25. The minimum Gasteiger partial charge on any atom is -0.457 e. The highest BCUT2D eigenvalue weighted by atomic mass is 32.2. The molecule has 0 bridgehead atoms. The van der Waals surface area contributed by atoms with Crippen LogP contribution in [-0.4, -0.2) is 55.3 Å². The van der Waals surface area contributed by atoms with E-state index < -0.39 is 48.4 Å². The normalized spacial score (nSPS) is 20.4. The van der Waals surface area contributed by atoms with Crippen LogP contribution in [0.3, 0.4) is 0 Å². The number of sulfone groups is 1. The first-order chi connectivity index (χ1) is 13.6. The molecular formula is C17H16B4F3NO4S. The van der Waals surface area contributed by atoms with Crippen LogP contribution >= 0.6 is 0 Å². The van der Waals surface area contributed by atoms with Gasteiger partial charge >= 0.3 is 0 Å². The van der Waals surface area contributed by atoms with Gasteiger partial charge in [0.2, 0.25) is 0 Å². The van der Waals surface area contributed by atoms with Crippen molar-refractivity contribution in [3.05, 3.63) is 52.8 Å². The van der Waals surface area contributed by atoms with Crippen molar-refractivity contribution >= 4 is 41.2 Å². The number of nitrogens with zero attached hydrogens (tertiary/aromatic N) is 1. The lowest BCUT2D eigenvalue weighted by atomic mass is 9.56. The summed E-state index contributed by atoms with van der Waals surface area (Å²) in [7, 11) is 1.06. The van der Waals surface area contributed by atoms with Crippen LogP contribution in [0.4, 0.5) is 13.2 Å². The Hall–Kier alpha value is -2.31. The second-order valence-electron chi connectivity index (χ2n) is 8.37. The van der Waals surface area contributed by atoms with Crippen molar-refractivity contribution in [2.75, 3.05) is 0 Å². The largest absolute Gasteiger partial charge is 0.457 e. The molecule has 152 valence electrons. The third kappa shape index (κ3) is 3.42. The summed E-state index contributed by atoms with van der Waals surface area (Å²) in [5.41, 5.74) is -3.41. The lowest BCUT2D eigenvalue weighted by molar-refractivity contribution is -0.126. The molecule has 1 aliphatic rings. The lowest BCUT2D eigenvalue weighted by Crippen LogP contribution is -2.45. The Morgan fingerprint density at radius 3 is 2.40 bits per heavy atom. The van der Waals surface area contributed by atoms with E-state index in [-0.39, 0.29) is 22.6 Å². The van der Waals surface area contributed by atoms with E-state index in [0.29, 0.717) is 0 Å². The third-order valence-electron chi connectivity index (χ3n) is 5.15. The smallest absolute Gasteiger partial charge is 0.276 e. The molecule has 0 amide bonds. The van der Waals surface area contributed by atoms with E-state index in [9.17, 15) is 26.7 Å². The zero-order valence-corrected chi connectivity index (χ0v) is 17.6. The molecule has 0 saturated heterocycles. The summed E-state index contributed by atoms with van der Waals surface area (Å²) in [4.78, 5) is -0.406. The molecule has 1 N–H and O–H groups in total. The molecule has 2 aromatic carbocycles. The van der Waals surface area contributed by atoms with Crippen LogP contribution < -0.4 is 4.74 Å². The first-order valence-corrected chi connectivity index (χ1v) is 10.5. The van der Waals surface area contributed by atoms with Gasteiger partial charge in [-0.25, -0.2) is 21.6 Å². The first kappa shape index (κ1) is 22.4. The molecule has 0 aromatic heterocycles. The Labute approximate surface area is 175 Å². The van der Waals surface area contributed by atoms with Crippen LogP contribution in [-0.2, 0) is 21.8 Å². The third-order valence-corrected chi connectivity index (χ3v) is 7.69. The van der Waals surface area contributed by atoms with Crippen molar-refractivity contribution in [1.82, 2.24) is 0 Å². The number of ether oxygens (including phenoxy) is 1. The number of alkyl halides is 2. The molecule has 5 nitrogen and oxygen atoms in total. The minimum atomic E-state index is -4.08. The molecule has 0 spiro atoms. The molecule has 0 heterocycles. The Morgan fingerprint density at radius 2 is 1.83 bits per heavy atom. The molecule has 3 rings (SSSR count). The zero-order chi connectivity index (χ0) is 22.7. The fourth-order valence-electron chi connectivity index (χ4n) is 3.36. The fraction of sp³-hybridized carbons (Fsp3) is 0.235. The summed E-state index contributed by atoms with van der Waals surface area (Å²) in [6, 6.07) is 7.24. The average Bonchev–Trinajstić information content (AvgIpc) is 2.79. The Kier molecular flexibility index (Phi) is 5.11. The quantitative estimate of drug-likeness (QED) is 0.612. The van der Waals surface area contributed by atoms with Crippen LogP contribution in [0.5, 0.6) is 11.5 Å². The van der Waals surface area contributed by atoms with Crippen LogP contribution in [0.1, 0.15) is 16.7 Å². The molecule has 1 aliphatic carbocycles. The number of benzene rings is 2. The fourth-order valence-corrected chi connectivity index (χ4v) is 4.85. The van der Waals surface area contributed by atoms with Gasteiger partial charge in [0.15, 0.2) is 17.7 Å². The topological polar surface area (TPSA) is 87.4 Å². The van der Waals surface area contributed by atoms with Crippen LogP contribution in [0.2, 0.25) is 0 Å². The van der Waals surface area contributed by atoms with Gasteiger partial charge < -0.3 is 9.84 Å². The van der Waals surface area contributed by atoms with Gasteiger partial charge in [-0.1, -0.05) is 0 Å². The van der Waals surface area contributed by atoms with E-state index in [2.05, 4.69) is 0 Å². The van der Waals surface area contributed by atoms with E-state index >= 15 is 0 Å². The van der Waals surface area contributed by atoms with Crippen molar-refractivity contribution in [2.45, 2.75) is 27.2 Å². The second-order valence-corrected chi connectivity index (χ2v) is 11.0. The van der Waals surface area contributed by atoms with E-state index in [1.807, 2.05) is 0 Å². The zero-order valence-electron chi connectivity index (χ0n) is 16.8. The van der Waals surface area contributed by atoms with Gasteiger partial charge in [-0.15, -0.1) is 0 Å². The van der Waals surface area contributed by atoms with Crippen molar-refractivity contribution in [3.63, 3.8) is 0 Å². The van der Waals surface area contributed by atoms with Crippen molar-refractivity contribution in [1.29, 1.82) is 5.26 Å². The Morgan fingerprint density at radius 1 is 1.20 bits per heavy atom. The first-order valence-electron chi connectivity index (χ1n) is 9.01. The molecule has 2 aromatic rings. The highest BCUT2D eigenvalue weighted by Gasteiger charge is 2.59. The molecule has 1 atom stereocenters. The number of aliphatic hydroxyl groups is 1. The van der Waals surface area contributed by atoms with Crippen LogP contribution in [0, 0.1) is 17.1 Å². The maximum absolute atomic E-state index is 14.7. The number of hydrogen-bond donors (Lipinski definition) is 1. The van der Waals surface area contributed by atoms with Gasteiger partial charge in [-0.3, -0.25) is 0 Å². The van der Waals surface area contributed by atoms with Gasteiger partial charge in [-0.05, 0) is 28.7 Å². The van der Waals surface area contributed by atoms with E-state index in [1.165, 1.54) is 35.7 Å². The summed E-state index contributed by atoms with van der Waals surface area (Å²) in [6.45, 7) is 0. The summed E-state index contributed by atoms with van der Waals surface area (Å²) in [5, 5.41) is 19.6. The second kappa shape index (κ2) is 6.86. The molecule has 0 radical (unpaired) electrons. The van der Waals surface area contributed by atoms with Crippen molar-refractivity contribution < 1.29 is 31.4 Å². The van der Waals surface area contributed by atoms with E-state index in [1.54, 1.807) is 6.07 Å². The highest BCUT2D eigenvalue weighted by Crippen LogP contribution is 2.52. The van der Waals surface area contributed by atoms with Crippen LogP contribution in [0.15, 0.2) is 35.2 Å². The highest BCUT2D eigenvalue weighted by molar-refractivity contribution is 7.96. The molecule has 30 heavy (non-hydrogen) atoms. The lowest BCUT2D eigenvalue weighted by Gasteiger charge is -2.30. The number of nitriles is 1. The number of rotatable bonds is 4. The van der Waals surface area contributed by atoms with Gasteiger partial charge in [0.25, 0.3) is 5.92 Å². The van der Waals surface area contributed by atoms with Gasteiger partial charge in [0, 0.05) is 23.6 Å². The number of hydrogen-bond acceptors (Lipinski definition) is 5. The maximum atomic E-state index is 14.7. The predicted molar refractivity (Wildman–Crippen MR) is 114 cm³/mol. The molecule has 0 saturated carbocycles. The van der Waals surface area contributed by atoms with Gasteiger partial charge in [0.1, 0.15) is 46.4 Å². The molecular weight excluding hydrogens is 414 g/mol. The summed E-state index contributed by atoms with van der Waals surface area (Å²) < 4.78 is 73.4. The molecule has 13 heteroatoms. The molecule has 0 unspecified atom stereocenters. The van der Waals surface area contributed by atoms with Crippen molar-refractivity contribution in [2.24, 2.45) is 0 Å². The van der Waals surface area contributed by atoms with Gasteiger partial charge in [-0.2, -0.15) is 5.26 Å². The van der Waals surface area contributed by atoms with E-state index in [4.69, 9.17) is 10.00 Å². The van der Waals surface area contributed by atoms with Gasteiger partial charge in [0.05, 0.1) is 16.5 Å². The number of fused-ring (bicyclic) bond motifs is 1. The van der Waals surface area contributed by atoms with E-state index in [0.717, 1.165) is 26.0 Å². The number of halogens is 3. The average molecular weight is 431 g/mol. The maximum Gasteiger partial charge on any atom is 0.276 e.